The number of piperidine rings is 1. The first-order chi connectivity index (χ1) is 8.27. The zero-order valence-electron chi connectivity index (χ0n) is 10.6. The van der Waals surface area contributed by atoms with Crippen molar-refractivity contribution in [3.63, 3.8) is 0 Å². The van der Waals surface area contributed by atoms with Crippen LogP contribution in [0.3, 0.4) is 0 Å². The predicted molar refractivity (Wildman–Crippen MR) is 73.0 cm³/mol. The van der Waals surface area contributed by atoms with Gasteiger partial charge in [-0.05, 0) is 37.8 Å². The van der Waals surface area contributed by atoms with Crippen LogP contribution in [0.15, 0.2) is 0 Å². The molecule has 0 aromatic rings. The van der Waals surface area contributed by atoms with Gasteiger partial charge in [-0.25, -0.2) is 0 Å². The van der Waals surface area contributed by atoms with Gasteiger partial charge in [0.1, 0.15) is 6.29 Å². The zero-order valence-corrected chi connectivity index (χ0v) is 11.7. The Bertz CT molecular complexity index is 238. The summed E-state index contributed by atoms with van der Waals surface area (Å²) in [5.41, 5.74) is 0. The van der Waals surface area contributed by atoms with Crippen molar-refractivity contribution >= 4 is 21.4 Å². The topological polar surface area (TPSA) is 37.4 Å². The van der Waals surface area contributed by atoms with Crippen molar-refractivity contribution < 1.29 is 9.59 Å². The van der Waals surface area contributed by atoms with Crippen molar-refractivity contribution in [3.8, 4) is 0 Å². The van der Waals surface area contributed by atoms with Crippen LogP contribution in [0, 0.1) is 5.92 Å². The number of likely N-dealkylation sites (tertiary alicyclic amines) is 1. The molecule has 1 unspecified atom stereocenters. The summed E-state index contributed by atoms with van der Waals surface area (Å²) in [6, 6.07) is 0. The molecule has 1 fully saturated rings. The molecular formula is C13H24NO2P. The molecule has 1 aliphatic heterocycles. The van der Waals surface area contributed by atoms with Gasteiger partial charge in [-0.2, -0.15) is 0 Å². The second kappa shape index (κ2) is 8.63. The third-order valence-electron chi connectivity index (χ3n) is 3.51. The number of amides is 1. The van der Waals surface area contributed by atoms with Gasteiger partial charge >= 0.3 is 0 Å². The Morgan fingerprint density at radius 1 is 1.24 bits per heavy atom. The Balaban J connectivity index is 2.09. The molecule has 1 atom stereocenters. The van der Waals surface area contributed by atoms with Crippen molar-refractivity contribution in [1.29, 1.82) is 0 Å². The maximum Gasteiger partial charge on any atom is 0.222 e. The Morgan fingerprint density at radius 3 is 2.53 bits per heavy atom. The molecule has 98 valence electrons. The second-order valence-electron chi connectivity index (χ2n) is 4.83. The molecule has 0 aliphatic carbocycles. The SMILES string of the molecule is O=CCCCCCC(=O)N1CCC(CP)CC1. The van der Waals surface area contributed by atoms with E-state index >= 15 is 0 Å². The largest absolute Gasteiger partial charge is 0.343 e. The van der Waals surface area contributed by atoms with Gasteiger partial charge in [0.25, 0.3) is 0 Å². The summed E-state index contributed by atoms with van der Waals surface area (Å²) in [7, 11) is 2.80. The van der Waals surface area contributed by atoms with Crippen molar-refractivity contribution in [3.05, 3.63) is 0 Å². The van der Waals surface area contributed by atoms with Gasteiger partial charge in [-0.15, -0.1) is 9.24 Å². The van der Waals surface area contributed by atoms with Gasteiger partial charge in [0, 0.05) is 25.9 Å². The van der Waals surface area contributed by atoms with Gasteiger partial charge < -0.3 is 9.69 Å². The Hall–Kier alpha value is -0.430. The number of hydrogen-bond acceptors (Lipinski definition) is 2. The molecular weight excluding hydrogens is 233 g/mol. The molecule has 0 radical (unpaired) electrons. The summed E-state index contributed by atoms with van der Waals surface area (Å²) in [6.07, 6.45) is 8.55. The van der Waals surface area contributed by atoms with Crippen LogP contribution in [0.1, 0.15) is 44.9 Å². The van der Waals surface area contributed by atoms with Gasteiger partial charge in [-0.1, -0.05) is 6.42 Å². The molecule has 17 heavy (non-hydrogen) atoms. The minimum absolute atomic E-state index is 0.304. The highest BCUT2D eigenvalue weighted by molar-refractivity contribution is 7.16. The summed E-state index contributed by atoms with van der Waals surface area (Å²) < 4.78 is 0. The van der Waals surface area contributed by atoms with Crippen molar-refractivity contribution in [2.45, 2.75) is 44.9 Å². The van der Waals surface area contributed by atoms with Gasteiger partial charge in [-0.3, -0.25) is 4.79 Å². The molecule has 3 nitrogen and oxygen atoms in total. The van der Waals surface area contributed by atoms with E-state index in [1.165, 1.54) is 0 Å². The van der Waals surface area contributed by atoms with E-state index in [1.807, 2.05) is 4.90 Å². The van der Waals surface area contributed by atoms with Crippen LogP contribution in [-0.4, -0.2) is 36.3 Å². The molecule has 4 heteroatoms. The fraction of sp³-hybridized carbons (Fsp3) is 0.846. The first-order valence-electron chi connectivity index (χ1n) is 6.69. The molecule has 0 saturated carbocycles. The lowest BCUT2D eigenvalue weighted by atomic mass is 9.98. The summed E-state index contributed by atoms with van der Waals surface area (Å²) >= 11 is 0. The lowest BCUT2D eigenvalue weighted by Crippen LogP contribution is -2.38. The van der Waals surface area contributed by atoms with Gasteiger partial charge in [0.2, 0.25) is 5.91 Å². The van der Waals surface area contributed by atoms with Crippen LogP contribution in [0.4, 0.5) is 0 Å². The van der Waals surface area contributed by atoms with Crippen LogP contribution >= 0.6 is 9.24 Å². The average molecular weight is 257 g/mol. The lowest BCUT2D eigenvalue weighted by molar-refractivity contribution is -0.132. The Morgan fingerprint density at radius 2 is 1.94 bits per heavy atom. The van der Waals surface area contributed by atoms with E-state index in [0.717, 1.165) is 63.6 Å². The third-order valence-corrected chi connectivity index (χ3v) is 4.18. The number of hydrogen-bond donors (Lipinski definition) is 0. The summed E-state index contributed by atoms with van der Waals surface area (Å²) in [4.78, 5) is 24.0. The number of carbonyl (C=O) groups is 2. The lowest BCUT2D eigenvalue weighted by Gasteiger charge is -2.31. The average Bonchev–Trinajstić information content (AvgIpc) is 2.38. The van der Waals surface area contributed by atoms with Crippen LogP contribution in [-0.2, 0) is 9.59 Å². The number of aldehydes is 1. The van der Waals surface area contributed by atoms with Crippen LogP contribution < -0.4 is 0 Å². The first-order valence-corrected chi connectivity index (χ1v) is 7.51. The van der Waals surface area contributed by atoms with E-state index in [0.29, 0.717) is 18.7 Å². The summed E-state index contributed by atoms with van der Waals surface area (Å²) in [5, 5.41) is 0. The molecule has 1 amide bonds. The maximum atomic E-state index is 11.9. The number of carbonyl (C=O) groups excluding carboxylic acids is 2. The first kappa shape index (κ1) is 14.6. The Kier molecular flexibility index (Phi) is 7.43. The molecule has 1 aliphatic rings. The normalized spacial score (nSPS) is 17.1. The highest BCUT2D eigenvalue weighted by atomic mass is 31.0. The van der Waals surface area contributed by atoms with Crippen LogP contribution in [0.5, 0.6) is 0 Å². The quantitative estimate of drug-likeness (QED) is 0.398. The van der Waals surface area contributed by atoms with Gasteiger partial charge in [0.15, 0.2) is 0 Å². The van der Waals surface area contributed by atoms with E-state index in [1.54, 1.807) is 0 Å². The fourth-order valence-electron chi connectivity index (χ4n) is 2.26. The highest BCUT2D eigenvalue weighted by Gasteiger charge is 2.20. The molecule has 0 aromatic carbocycles. The fourth-order valence-corrected chi connectivity index (χ4v) is 2.73. The molecule has 1 rings (SSSR count). The Labute approximate surface area is 107 Å². The molecule has 0 bridgehead atoms. The van der Waals surface area contributed by atoms with Crippen molar-refractivity contribution in [2.24, 2.45) is 5.92 Å². The third kappa shape index (κ3) is 5.63. The van der Waals surface area contributed by atoms with Crippen molar-refractivity contribution in [2.75, 3.05) is 19.3 Å². The predicted octanol–water partition coefficient (Wildman–Crippen LogP) is 2.25. The molecule has 0 aromatic heterocycles. The van der Waals surface area contributed by atoms with Crippen LogP contribution in [0.25, 0.3) is 0 Å². The van der Waals surface area contributed by atoms with E-state index in [4.69, 9.17) is 0 Å². The standard InChI is InChI=1S/C13H24NO2P/c15-10-4-2-1-3-5-13(16)14-8-6-12(11-17)7-9-14/h10,12H,1-9,11,17H2. The van der Waals surface area contributed by atoms with E-state index < -0.39 is 0 Å². The van der Waals surface area contributed by atoms with Crippen molar-refractivity contribution in [1.82, 2.24) is 4.90 Å². The van der Waals surface area contributed by atoms with E-state index in [2.05, 4.69) is 9.24 Å². The summed E-state index contributed by atoms with van der Waals surface area (Å²) in [6.45, 7) is 1.87. The smallest absolute Gasteiger partial charge is 0.222 e. The van der Waals surface area contributed by atoms with Gasteiger partial charge in [0.05, 0.1) is 0 Å². The molecule has 0 spiro atoms. The number of nitrogens with zero attached hydrogens (tertiary/aromatic N) is 1. The monoisotopic (exact) mass is 257 g/mol. The zero-order chi connectivity index (χ0) is 12.5. The summed E-state index contributed by atoms with van der Waals surface area (Å²) in [5.74, 6) is 1.09. The highest BCUT2D eigenvalue weighted by Crippen LogP contribution is 2.20. The molecule has 0 N–H and O–H groups in total. The minimum atomic E-state index is 0.304. The molecule has 1 heterocycles. The van der Waals surface area contributed by atoms with E-state index in [9.17, 15) is 9.59 Å². The number of rotatable bonds is 7. The number of unbranched alkanes of at least 4 members (excludes halogenated alkanes) is 3. The second-order valence-corrected chi connectivity index (χ2v) is 5.30. The minimum Gasteiger partial charge on any atom is -0.343 e. The van der Waals surface area contributed by atoms with Crippen LogP contribution in [0.2, 0.25) is 0 Å². The molecule has 1 saturated heterocycles. The van der Waals surface area contributed by atoms with E-state index in [-0.39, 0.29) is 0 Å². The maximum absolute atomic E-state index is 11.9.